The SMILES string of the molecule is CCCCOC(=O)N1CC2COCC(C1)C2(N)CCO. The lowest BCUT2D eigenvalue weighted by Crippen LogP contribution is -2.68. The largest absolute Gasteiger partial charge is 0.449 e. The Hall–Kier alpha value is -0.850. The Morgan fingerprint density at radius 1 is 1.45 bits per heavy atom. The van der Waals surface area contributed by atoms with Crippen LogP contribution in [0.2, 0.25) is 0 Å². The highest BCUT2D eigenvalue weighted by molar-refractivity contribution is 5.68. The predicted molar refractivity (Wildman–Crippen MR) is 74.2 cm³/mol. The monoisotopic (exact) mass is 286 g/mol. The van der Waals surface area contributed by atoms with Crippen LogP contribution >= 0.6 is 0 Å². The maximum atomic E-state index is 12.0. The molecule has 0 aromatic carbocycles. The normalized spacial score (nSPS) is 33.0. The van der Waals surface area contributed by atoms with Gasteiger partial charge in [-0.1, -0.05) is 13.3 Å². The van der Waals surface area contributed by atoms with E-state index in [9.17, 15) is 9.90 Å². The van der Waals surface area contributed by atoms with Gasteiger partial charge in [-0.25, -0.2) is 4.79 Å². The van der Waals surface area contributed by atoms with Gasteiger partial charge in [0.1, 0.15) is 0 Å². The van der Waals surface area contributed by atoms with Crippen molar-refractivity contribution in [2.45, 2.75) is 31.7 Å². The number of piperidine rings is 1. The summed E-state index contributed by atoms with van der Waals surface area (Å²) >= 11 is 0. The fourth-order valence-corrected chi connectivity index (χ4v) is 3.19. The number of nitrogens with two attached hydrogens (primary N) is 1. The molecule has 2 aliphatic heterocycles. The molecule has 2 fully saturated rings. The zero-order chi connectivity index (χ0) is 14.6. The number of hydrogen-bond acceptors (Lipinski definition) is 5. The molecule has 1 amide bonds. The quantitative estimate of drug-likeness (QED) is 0.722. The molecule has 3 N–H and O–H groups in total. The number of fused-ring (bicyclic) bond motifs is 2. The molecule has 6 heteroatoms. The van der Waals surface area contributed by atoms with Crippen molar-refractivity contribution >= 4 is 6.09 Å². The molecule has 0 spiro atoms. The van der Waals surface area contributed by atoms with Gasteiger partial charge in [-0.3, -0.25) is 0 Å². The number of unbranched alkanes of at least 4 members (excludes halogenated alkanes) is 1. The number of hydrogen-bond donors (Lipinski definition) is 2. The van der Waals surface area contributed by atoms with Crippen LogP contribution in [0.5, 0.6) is 0 Å². The average Bonchev–Trinajstić information content (AvgIpc) is 2.38. The number of likely N-dealkylation sites (tertiary alicyclic amines) is 1. The lowest BCUT2D eigenvalue weighted by atomic mass is 9.68. The van der Waals surface area contributed by atoms with Crippen LogP contribution in [0.15, 0.2) is 0 Å². The molecule has 2 aliphatic rings. The predicted octanol–water partition coefficient (Wildman–Crippen LogP) is 0.581. The van der Waals surface area contributed by atoms with E-state index in [1.54, 1.807) is 4.90 Å². The highest BCUT2D eigenvalue weighted by Crippen LogP contribution is 2.37. The Kier molecular flexibility index (Phi) is 5.23. The smallest absolute Gasteiger partial charge is 0.409 e. The summed E-state index contributed by atoms with van der Waals surface area (Å²) in [5.74, 6) is 0.141. The van der Waals surface area contributed by atoms with Gasteiger partial charge in [0.2, 0.25) is 0 Å². The lowest BCUT2D eigenvalue weighted by molar-refractivity contribution is -0.0982. The molecule has 0 aromatic rings. The lowest BCUT2D eigenvalue weighted by Gasteiger charge is -2.53. The van der Waals surface area contributed by atoms with E-state index in [0.717, 1.165) is 12.8 Å². The molecule has 116 valence electrons. The van der Waals surface area contributed by atoms with Crippen LogP contribution in [0, 0.1) is 11.8 Å². The first-order chi connectivity index (χ1) is 9.61. The van der Waals surface area contributed by atoms with E-state index in [2.05, 4.69) is 6.92 Å². The van der Waals surface area contributed by atoms with Crippen molar-refractivity contribution in [3.05, 3.63) is 0 Å². The molecule has 20 heavy (non-hydrogen) atoms. The summed E-state index contributed by atoms with van der Waals surface area (Å²) in [6, 6.07) is 0. The summed E-state index contributed by atoms with van der Waals surface area (Å²) in [5.41, 5.74) is 6.06. The molecular formula is C14H26N2O4. The minimum atomic E-state index is -0.423. The van der Waals surface area contributed by atoms with Crippen LogP contribution in [0.4, 0.5) is 4.79 Å². The second-order valence-corrected chi connectivity index (χ2v) is 5.89. The molecule has 0 saturated carbocycles. The molecule has 2 heterocycles. The summed E-state index contributed by atoms with van der Waals surface area (Å²) in [7, 11) is 0. The zero-order valence-electron chi connectivity index (χ0n) is 12.2. The fourth-order valence-electron chi connectivity index (χ4n) is 3.19. The topological polar surface area (TPSA) is 85.0 Å². The van der Waals surface area contributed by atoms with Gasteiger partial charge >= 0.3 is 6.09 Å². The second-order valence-electron chi connectivity index (χ2n) is 5.89. The van der Waals surface area contributed by atoms with Gasteiger partial charge in [0, 0.05) is 37.1 Å². The van der Waals surface area contributed by atoms with Gasteiger partial charge < -0.3 is 25.2 Å². The first-order valence-corrected chi connectivity index (χ1v) is 7.51. The van der Waals surface area contributed by atoms with Gasteiger partial charge in [0.05, 0.1) is 19.8 Å². The summed E-state index contributed by atoms with van der Waals surface area (Å²) < 4.78 is 10.8. The van der Waals surface area contributed by atoms with E-state index in [1.807, 2.05) is 0 Å². The van der Waals surface area contributed by atoms with Crippen molar-refractivity contribution in [2.75, 3.05) is 39.5 Å². The Morgan fingerprint density at radius 3 is 2.65 bits per heavy atom. The van der Waals surface area contributed by atoms with Gasteiger partial charge in [0.15, 0.2) is 0 Å². The van der Waals surface area contributed by atoms with Crippen LogP contribution in [0.1, 0.15) is 26.2 Å². The van der Waals surface area contributed by atoms with Crippen molar-refractivity contribution in [3.63, 3.8) is 0 Å². The van der Waals surface area contributed by atoms with Gasteiger partial charge in [-0.2, -0.15) is 0 Å². The number of rotatable bonds is 5. The molecule has 2 saturated heterocycles. The molecular weight excluding hydrogens is 260 g/mol. The highest BCUT2D eigenvalue weighted by atomic mass is 16.6. The third-order valence-corrected chi connectivity index (χ3v) is 4.57. The Bertz CT molecular complexity index is 323. The molecule has 2 unspecified atom stereocenters. The third-order valence-electron chi connectivity index (χ3n) is 4.57. The zero-order valence-corrected chi connectivity index (χ0v) is 12.2. The maximum absolute atomic E-state index is 12.0. The third kappa shape index (κ3) is 3.07. The maximum Gasteiger partial charge on any atom is 0.409 e. The van der Waals surface area contributed by atoms with Crippen molar-refractivity contribution < 1.29 is 19.4 Å². The number of ether oxygens (including phenoxy) is 2. The van der Waals surface area contributed by atoms with E-state index < -0.39 is 5.54 Å². The number of aliphatic hydroxyl groups excluding tert-OH is 1. The van der Waals surface area contributed by atoms with E-state index in [0.29, 0.717) is 39.3 Å². The van der Waals surface area contributed by atoms with E-state index in [-0.39, 0.29) is 24.5 Å². The minimum absolute atomic E-state index is 0.0703. The minimum Gasteiger partial charge on any atom is -0.449 e. The molecule has 2 bridgehead atoms. The van der Waals surface area contributed by atoms with Crippen molar-refractivity contribution in [1.29, 1.82) is 0 Å². The Balaban J connectivity index is 1.96. The molecule has 2 rings (SSSR count). The van der Waals surface area contributed by atoms with E-state index in [4.69, 9.17) is 15.2 Å². The van der Waals surface area contributed by atoms with Crippen LogP contribution in [-0.4, -0.2) is 61.2 Å². The van der Waals surface area contributed by atoms with Crippen LogP contribution < -0.4 is 5.73 Å². The van der Waals surface area contributed by atoms with Crippen molar-refractivity contribution in [3.8, 4) is 0 Å². The highest BCUT2D eigenvalue weighted by Gasteiger charge is 2.50. The van der Waals surface area contributed by atoms with Crippen LogP contribution in [0.25, 0.3) is 0 Å². The summed E-state index contributed by atoms with van der Waals surface area (Å²) in [6.45, 7) is 4.81. The van der Waals surface area contributed by atoms with Crippen LogP contribution in [-0.2, 0) is 9.47 Å². The fraction of sp³-hybridized carbons (Fsp3) is 0.929. The molecule has 6 nitrogen and oxygen atoms in total. The summed E-state index contributed by atoms with van der Waals surface area (Å²) in [5, 5.41) is 9.23. The second kappa shape index (κ2) is 6.74. The van der Waals surface area contributed by atoms with E-state index >= 15 is 0 Å². The summed E-state index contributed by atoms with van der Waals surface area (Å²) in [6.07, 6.45) is 2.21. The van der Waals surface area contributed by atoms with Crippen LogP contribution in [0.3, 0.4) is 0 Å². The Morgan fingerprint density at radius 2 is 2.10 bits per heavy atom. The molecule has 0 aliphatic carbocycles. The first kappa shape index (κ1) is 15.5. The Labute approximate surface area is 120 Å². The van der Waals surface area contributed by atoms with Crippen molar-refractivity contribution in [2.24, 2.45) is 17.6 Å². The van der Waals surface area contributed by atoms with E-state index in [1.165, 1.54) is 0 Å². The van der Waals surface area contributed by atoms with Crippen molar-refractivity contribution in [1.82, 2.24) is 4.90 Å². The van der Waals surface area contributed by atoms with Gasteiger partial charge in [-0.05, 0) is 12.8 Å². The number of carbonyl (C=O) groups excluding carboxylic acids is 1. The number of carbonyl (C=O) groups is 1. The van der Waals surface area contributed by atoms with Gasteiger partial charge in [0.25, 0.3) is 0 Å². The standard InChI is InChI=1S/C14H26N2O4/c1-2-3-6-20-13(18)16-7-11-9-19-10-12(8-16)14(11,15)4-5-17/h11-12,17H,2-10,15H2,1H3. The number of nitrogens with zero attached hydrogens (tertiary/aromatic N) is 1. The first-order valence-electron chi connectivity index (χ1n) is 7.51. The molecule has 0 radical (unpaired) electrons. The summed E-state index contributed by atoms with van der Waals surface area (Å²) in [4.78, 5) is 13.8. The number of aliphatic hydroxyl groups is 1. The van der Waals surface area contributed by atoms with Gasteiger partial charge in [-0.15, -0.1) is 0 Å². The molecule has 2 atom stereocenters. The average molecular weight is 286 g/mol. The molecule has 0 aromatic heterocycles. The number of amides is 1.